The van der Waals surface area contributed by atoms with Gasteiger partial charge < -0.3 is 0 Å². The van der Waals surface area contributed by atoms with Gasteiger partial charge in [-0.2, -0.15) is 10.5 Å². The first kappa shape index (κ1) is 31.5. The highest BCUT2D eigenvalue weighted by Gasteiger charge is 2.47. The van der Waals surface area contributed by atoms with E-state index >= 15 is 0 Å². The van der Waals surface area contributed by atoms with Crippen LogP contribution >= 0.6 is 0 Å². The molecule has 9 rings (SSSR count). The summed E-state index contributed by atoms with van der Waals surface area (Å²) in [7, 11) is 0. The minimum atomic E-state index is -0.607. The second-order valence-electron chi connectivity index (χ2n) is 13.1. The summed E-state index contributed by atoms with van der Waals surface area (Å²) >= 11 is 0. The first-order valence-electron chi connectivity index (χ1n) is 17.4. The number of nitriles is 2. The smallest absolute Gasteiger partial charge is 0.159 e. The molecule has 0 saturated heterocycles. The summed E-state index contributed by atoms with van der Waals surface area (Å²) in [4.78, 5) is 15.4. The summed E-state index contributed by atoms with van der Waals surface area (Å²) in [5.41, 5.74) is 13.5. The number of nitrogens with zero attached hydrogens (tertiary/aromatic N) is 5. The number of hydrogen-bond acceptors (Lipinski definition) is 5. The van der Waals surface area contributed by atoms with Gasteiger partial charge in [-0.05, 0) is 69.8 Å². The van der Waals surface area contributed by atoms with E-state index in [1.165, 1.54) is 5.56 Å². The van der Waals surface area contributed by atoms with Gasteiger partial charge in [0.25, 0.3) is 0 Å². The van der Waals surface area contributed by atoms with Crippen LogP contribution in [0.3, 0.4) is 0 Å². The molecule has 53 heavy (non-hydrogen) atoms. The van der Waals surface area contributed by atoms with E-state index in [4.69, 9.17) is 15.0 Å². The minimum Gasteiger partial charge on any atom is -0.248 e. The highest BCUT2D eigenvalue weighted by molar-refractivity contribution is 5.85. The van der Waals surface area contributed by atoms with E-state index in [1.54, 1.807) is 12.1 Å². The largest absolute Gasteiger partial charge is 0.248 e. The third-order valence-electron chi connectivity index (χ3n) is 10.1. The number of aromatic nitrogens is 3. The van der Waals surface area contributed by atoms with Crippen molar-refractivity contribution in [2.24, 2.45) is 0 Å². The van der Waals surface area contributed by atoms with E-state index in [-0.39, 0.29) is 0 Å². The Morgan fingerprint density at radius 1 is 0.434 bits per heavy atom. The van der Waals surface area contributed by atoms with Gasteiger partial charge in [-0.1, -0.05) is 133 Å². The quantitative estimate of drug-likeness (QED) is 0.175. The molecule has 2 heterocycles. The van der Waals surface area contributed by atoms with Crippen LogP contribution in [0.4, 0.5) is 0 Å². The first-order valence-corrected chi connectivity index (χ1v) is 17.4. The molecular weight excluding hydrogens is 647 g/mol. The van der Waals surface area contributed by atoms with Crippen molar-refractivity contribution in [1.29, 1.82) is 10.5 Å². The lowest BCUT2D eigenvalue weighted by atomic mass is 9.69. The number of fused-ring (bicyclic) bond motifs is 3. The van der Waals surface area contributed by atoms with Crippen molar-refractivity contribution >= 4 is 0 Å². The maximum atomic E-state index is 9.36. The molecule has 0 N–H and O–H groups in total. The lowest BCUT2D eigenvalue weighted by molar-refractivity contribution is 0.736. The van der Waals surface area contributed by atoms with Gasteiger partial charge in [0.05, 0.1) is 45.8 Å². The van der Waals surface area contributed by atoms with E-state index in [1.807, 2.05) is 48.7 Å². The molecule has 0 spiro atoms. The Hall–Kier alpha value is -7.47. The molecule has 0 radical (unpaired) electrons. The van der Waals surface area contributed by atoms with Crippen LogP contribution in [0.5, 0.6) is 0 Å². The van der Waals surface area contributed by atoms with Crippen LogP contribution in [0.1, 0.15) is 33.5 Å². The molecule has 0 aliphatic heterocycles. The topological polar surface area (TPSA) is 86.2 Å². The van der Waals surface area contributed by atoms with Crippen molar-refractivity contribution in [3.8, 4) is 68.3 Å². The third-order valence-corrected chi connectivity index (χ3v) is 10.1. The molecule has 0 amide bonds. The number of rotatable bonds is 6. The molecule has 2 aromatic heterocycles. The number of benzene rings is 6. The Kier molecular flexibility index (Phi) is 7.73. The van der Waals surface area contributed by atoms with Crippen molar-refractivity contribution in [2.45, 2.75) is 5.41 Å². The van der Waals surface area contributed by atoms with Crippen molar-refractivity contribution < 1.29 is 0 Å². The van der Waals surface area contributed by atoms with Crippen molar-refractivity contribution in [3.05, 3.63) is 210 Å². The Morgan fingerprint density at radius 2 is 0.925 bits per heavy atom. The molecule has 0 saturated carbocycles. The average Bonchev–Trinajstić information content (AvgIpc) is 3.54. The maximum absolute atomic E-state index is 9.36. The molecule has 0 atom stereocenters. The second-order valence-corrected chi connectivity index (χ2v) is 13.1. The molecule has 8 aromatic rings. The molecule has 5 nitrogen and oxygen atoms in total. The van der Waals surface area contributed by atoms with E-state index < -0.39 is 5.41 Å². The monoisotopic (exact) mass is 675 g/mol. The summed E-state index contributed by atoms with van der Waals surface area (Å²) in [6, 6.07) is 61.6. The first-order chi connectivity index (χ1) is 26.1. The number of pyridine rings is 1. The van der Waals surface area contributed by atoms with Crippen LogP contribution in [0.15, 0.2) is 176 Å². The Morgan fingerprint density at radius 3 is 1.49 bits per heavy atom. The lowest BCUT2D eigenvalue weighted by Crippen LogP contribution is -2.29. The summed E-state index contributed by atoms with van der Waals surface area (Å²) in [6.45, 7) is 0. The van der Waals surface area contributed by atoms with Crippen molar-refractivity contribution in [3.63, 3.8) is 0 Å². The van der Waals surface area contributed by atoms with Crippen molar-refractivity contribution in [1.82, 2.24) is 15.0 Å². The Labute approximate surface area is 307 Å². The molecular formula is C48H29N5. The maximum Gasteiger partial charge on any atom is 0.159 e. The van der Waals surface area contributed by atoms with Gasteiger partial charge in [0.2, 0.25) is 0 Å². The zero-order valence-electron chi connectivity index (χ0n) is 28.5. The Bertz CT molecular complexity index is 2590. The van der Waals surface area contributed by atoms with E-state index in [2.05, 4.69) is 127 Å². The van der Waals surface area contributed by atoms with Crippen LogP contribution in [0.2, 0.25) is 0 Å². The fourth-order valence-corrected chi connectivity index (χ4v) is 7.54. The average molecular weight is 676 g/mol. The van der Waals surface area contributed by atoms with Gasteiger partial charge in [-0.3, -0.25) is 0 Å². The van der Waals surface area contributed by atoms with E-state index in [0.29, 0.717) is 17.0 Å². The van der Waals surface area contributed by atoms with Gasteiger partial charge in [0, 0.05) is 28.5 Å². The van der Waals surface area contributed by atoms with Crippen LogP contribution in [0, 0.1) is 22.7 Å². The van der Waals surface area contributed by atoms with Crippen molar-refractivity contribution in [2.75, 3.05) is 0 Å². The minimum absolute atomic E-state index is 0.593. The summed E-state index contributed by atoms with van der Waals surface area (Å²) < 4.78 is 0. The Balaban J connectivity index is 1.15. The van der Waals surface area contributed by atoms with Gasteiger partial charge >= 0.3 is 0 Å². The number of hydrogen-bond donors (Lipinski definition) is 0. The second kappa shape index (κ2) is 13.0. The van der Waals surface area contributed by atoms with Gasteiger partial charge in [-0.25, -0.2) is 15.0 Å². The van der Waals surface area contributed by atoms with Crippen LogP contribution in [-0.2, 0) is 5.41 Å². The molecule has 0 bridgehead atoms. The fraction of sp³-hybridized carbons (Fsp3) is 0.0208. The van der Waals surface area contributed by atoms with Crippen LogP contribution in [-0.4, -0.2) is 15.0 Å². The van der Waals surface area contributed by atoms with Gasteiger partial charge in [0.15, 0.2) is 5.82 Å². The molecule has 5 heteroatoms. The van der Waals surface area contributed by atoms with Crippen LogP contribution in [0.25, 0.3) is 56.2 Å². The molecule has 0 unspecified atom stereocenters. The summed E-state index contributed by atoms with van der Waals surface area (Å²) in [6.07, 6.45) is 1.98. The van der Waals surface area contributed by atoms with E-state index in [0.717, 1.165) is 67.2 Å². The standard InChI is InChI=1S/C48H29N5/c49-29-32-15-19-34(20-16-32)38-27-44(35-21-17-33(30-50)18-22-35)52-45(28-38)36-23-25-37(26-24-36)47-51-31-42-41-13-7-8-14-43(41)48(46(42)53-47,39-9-3-1-4-10-39)40-11-5-2-6-12-40/h1-28,31H. The fourth-order valence-electron chi connectivity index (χ4n) is 7.54. The lowest BCUT2D eigenvalue weighted by Gasteiger charge is -2.32. The van der Waals surface area contributed by atoms with Gasteiger partial charge in [0.1, 0.15) is 0 Å². The molecule has 6 aromatic carbocycles. The third kappa shape index (κ3) is 5.36. The molecule has 1 aliphatic rings. The summed E-state index contributed by atoms with van der Waals surface area (Å²) in [5.74, 6) is 0.650. The molecule has 1 aliphatic carbocycles. The zero-order chi connectivity index (χ0) is 35.8. The molecule has 0 fully saturated rings. The normalized spacial score (nSPS) is 12.3. The zero-order valence-corrected chi connectivity index (χ0v) is 28.5. The SMILES string of the molecule is N#Cc1ccc(-c2cc(-c3ccc(C#N)cc3)nc(-c3ccc(-c4ncc5c(n4)C(c4ccccc4)(c4ccccc4)c4ccccc4-5)cc3)c2)cc1. The highest BCUT2D eigenvalue weighted by Crippen LogP contribution is 2.55. The predicted molar refractivity (Wildman–Crippen MR) is 208 cm³/mol. The van der Waals surface area contributed by atoms with E-state index in [9.17, 15) is 10.5 Å². The van der Waals surface area contributed by atoms with Gasteiger partial charge in [-0.15, -0.1) is 0 Å². The van der Waals surface area contributed by atoms with Crippen LogP contribution < -0.4 is 0 Å². The summed E-state index contributed by atoms with van der Waals surface area (Å²) in [5, 5.41) is 18.7. The molecule has 246 valence electrons. The predicted octanol–water partition coefficient (Wildman–Crippen LogP) is 10.6. The highest BCUT2D eigenvalue weighted by atomic mass is 14.9.